The molecule has 10 heteroatoms. The number of nitrogens with zero attached hydrogens (tertiary/aromatic N) is 3. The second-order valence-electron chi connectivity index (χ2n) is 6.01. The number of carbonyl (C=O) groups excluding carboxylic acids is 1. The first-order valence-electron chi connectivity index (χ1n) is 8.75. The number of hydrogen-bond donors (Lipinski definition) is 1. The molecule has 0 saturated carbocycles. The van der Waals surface area contributed by atoms with Gasteiger partial charge in [-0.3, -0.25) is 9.36 Å². The average molecular weight is 484 g/mol. The fourth-order valence-corrected chi connectivity index (χ4v) is 3.62. The SMILES string of the molecule is C=CCn1c(COc2ccc(Cl)cc2)nnc1SCC(=O)Nc1ccc(Cl)c(Cl)c1. The van der Waals surface area contributed by atoms with Gasteiger partial charge in [-0.25, -0.2) is 0 Å². The van der Waals surface area contributed by atoms with Gasteiger partial charge in [-0.05, 0) is 42.5 Å². The Kier molecular flexibility index (Phi) is 8.04. The molecule has 0 saturated heterocycles. The van der Waals surface area contributed by atoms with Crippen LogP contribution in [0, 0.1) is 0 Å². The van der Waals surface area contributed by atoms with Gasteiger partial charge in [-0.15, -0.1) is 16.8 Å². The molecule has 0 bridgehead atoms. The van der Waals surface area contributed by atoms with E-state index in [1.165, 1.54) is 11.8 Å². The average Bonchev–Trinajstić information content (AvgIpc) is 3.11. The molecule has 0 radical (unpaired) electrons. The van der Waals surface area contributed by atoms with E-state index in [-0.39, 0.29) is 18.3 Å². The molecule has 0 fully saturated rings. The van der Waals surface area contributed by atoms with Crippen molar-refractivity contribution in [3.05, 3.63) is 76.0 Å². The molecule has 1 heterocycles. The van der Waals surface area contributed by atoms with E-state index in [9.17, 15) is 4.79 Å². The molecule has 3 aromatic rings. The van der Waals surface area contributed by atoms with Crippen molar-refractivity contribution in [1.29, 1.82) is 0 Å². The minimum atomic E-state index is -0.203. The largest absolute Gasteiger partial charge is 0.486 e. The first-order chi connectivity index (χ1) is 14.5. The molecule has 0 atom stereocenters. The summed E-state index contributed by atoms with van der Waals surface area (Å²) in [5, 5.41) is 13.2. The number of thioether (sulfide) groups is 1. The molecule has 1 amide bonds. The standard InChI is InChI=1S/C20H17Cl3N4O2S/c1-2-9-27-18(11-29-15-6-3-13(21)4-7-15)25-26-20(27)30-12-19(28)24-14-5-8-16(22)17(23)10-14/h2-8,10H,1,9,11-12H2,(H,24,28). The number of ether oxygens (including phenoxy) is 1. The van der Waals surface area contributed by atoms with Gasteiger partial charge in [-0.2, -0.15) is 0 Å². The second-order valence-corrected chi connectivity index (χ2v) is 8.20. The number of nitrogens with one attached hydrogen (secondary N) is 1. The van der Waals surface area contributed by atoms with Crippen LogP contribution >= 0.6 is 46.6 Å². The van der Waals surface area contributed by atoms with Crippen LogP contribution in [0.1, 0.15) is 5.82 Å². The fraction of sp³-hybridized carbons (Fsp3) is 0.150. The Morgan fingerprint density at radius 1 is 1.13 bits per heavy atom. The molecule has 2 aromatic carbocycles. The number of carbonyl (C=O) groups is 1. The molecule has 0 aliphatic carbocycles. The lowest BCUT2D eigenvalue weighted by atomic mass is 10.3. The monoisotopic (exact) mass is 482 g/mol. The normalized spacial score (nSPS) is 10.6. The third kappa shape index (κ3) is 6.15. The molecule has 0 spiro atoms. The minimum Gasteiger partial charge on any atom is -0.486 e. The number of halogens is 3. The number of anilines is 1. The quantitative estimate of drug-likeness (QED) is 0.311. The van der Waals surface area contributed by atoms with Crippen LogP contribution in [0.4, 0.5) is 5.69 Å². The van der Waals surface area contributed by atoms with Gasteiger partial charge >= 0.3 is 0 Å². The van der Waals surface area contributed by atoms with Crippen molar-refractivity contribution in [2.24, 2.45) is 0 Å². The lowest BCUT2D eigenvalue weighted by molar-refractivity contribution is -0.113. The predicted molar refractivity (Wildman–Crippen MR) is 122 cm³/mol. The molecule has 0 aliphatic rings. The van der Waals surface area contributed by atoms with E-state index in [1.54, 1.807) is 48.5 Å². The van der Waals surface area contributed by atoms with Crippen LogP contribution in [0.5, 0.6) is 5.75 Å². The van der Waals surface area contributed by atoms with Crippen molar-refractivity contribution in [3.63, 3.8) is 0 Å². The molecule has 0 aliphatic heterocycles. The Hall–Kier alpha value is -2.19. The van der Waals surface area contributed by atoms with Crippen LogP contribution in [-0.4, -0.2) is 26.4 Å². The maximum atomic E-state index is 12.3. The van der Waals surface area contributed by atoms with Crippen molar-refractivity contribution in [3.8, 4) is 5.75 Å². The summed E-state index contributed by atoms with van der Waals surface area (Å²) in [6, 6.07) is 12.0. The molecule has 1 N–H and O–H groups in total. The molecule has 30 heavy (non-hydrogen) atoms. The number of amides is 1. The molecule has 156 valence electrons. The highest BCUT2D eigenvalue weighted by molar-refractivity contribution is 7.99. The van der Waals surface area contributed by atoms with Crippen LogP contribution in [0.15, 0.2) is 60.3 Å². The highest BCUT2D eigenvalue weighted by Crippen LogP contribution is 2.25. The van der Waals surface area contributed by atoms with E-state index in [4.69, 9.17) is 39.5 Å². The molecular weight excluding hydrogens is 467 g/mol. The van der Waals surface area contributed by atoms with E-state index < -0.39 is 0 Å². The topological polar surface area (TPSA) is 69.0 Å². The summed E-state index contributed by atoms with van der Waals surface area (Å²) in [7, 11) is 0. The Bertz CT molecular complexity index is 1040. The first kappa shape index (κ1) is 22.5. The lowest BCUT2D eigenvalue weighted by Gasteiger charge is -2.09. The van der Waals surface area contributed by atoms with Gasteiger partial charge in [0.2, 0.25) is 5.91 Å². The number of rotatable bonds is 9. The van der Waals surface area contributed by atoms with Crippen LogP contribution in [0.25, 0.3) is 0 Å². The van der Waals surface area contributed by atoms with Gasteiger partial charge < -0.3 is 10.1 Å². The fourth-order valence-electron chi connectivity index (χ4n) is 2.42. The Balaban J connectivity index is 1.60. The van der Waals surface area contributed by atoms with Crippen LogP contribution in [0.2, 0.25) is 15.1 Å². The zero-order chi connectivity index (χ0) is 21.5. The van der Waals surface area contributed by atoms with Crippen LogP contribution in [-0.2, 0) is 17.9 Å². The van der Waals surface area contributed by atoms with Gasteiger partial charge in [-0.1, -0.05) is 52.6 Å². The maximum Gasteiger partial charge on any atom is 0.234 e. The summed E-state index contributed by atoms with van der Waals surface area (Å²) < 4.78 is 7.59. The highest BCUT2D eigenvalue weighted by Gasteiger charge is 2.14. The molecule has 1 aromatic heterocycles. The van der Waals surface area contributed by atoms with Gasteiger partial charge in [0, 0.05) is 17.3 Å². The Morgan fingerprint density at radius 2 is 1.90 bits per heavy atom. The predicted octanol–water partition coefficient (Wildman–Crippen LogP) is 5.73. The van der Waals surface area contributed by atoms with Crippen molar-refractivity contribution < 1.29 is 9.53 Å². The van der Waals surface area contributed by atoms with E-state index in [1.807, 2.05) is 4.57 Å². The first-order valence-corrected chi connectivity index (χ1v) is 10.9. The zero-order valence-electron chi connectivity index (χ0n) is 15.6. The smallest absolute Gasteiger partial charge is 0.234 e. The van der Waals surface area contributed by atoms with Crippen LogP contribution < -0.4 is 10.1 Å². The van der Waals surface area contributed by atoms with Gasteiger partial charge in [0.25, 0.3) is 0 Å². The van der Waals surface area contributed by atoms with Crippen molar-refractivity contribution in [2.75, 3.05) is 11.1 Å². The molecule has 0 unspecified atom stereocenters. The van der Waals surface area contributed by atoms with Crippen molar-refractivity contribution >= 4 is 58.2 Å². The van der Waals surface area contributed by atoms with E-state index in [2.05, 4.69) is 22.1 Å². The van der Waals surface area contributed by atoms with Crippen LogP contribution in [0.3, 0.4) is 0 Å². The second kappa shape index (κ2) is 10.7. The van der Waals surface area contributed by atoms with E-state index in [0.29, 0.717) is 44.0 Å². The van der Waals surface area contributed by atoms with Crippen molar-refractivity contribution in [2.45, 2.75) is 18.3 Å². The summed E-state index contributed by atoms with van der Waals surface area (Å²) in [5.74, 6) is 1.23. The van der Waals surface area contributed by atoms with Gasteiger partial charge in [0.1, 0.15) is 12.4 Å². The summed E-state index contributed by atoms with van der Waals surface area (Å²) in [4.78, 5) is 12.3. The number of benzene rings is 2. The van der Waals surface area contributed by atoms with E-state index in [0.717, 1.165) is 0 Å². The van der Waals surface area contributed by atoms with E-state index >= 15 is 0 Å². The summed E-state index contributed by atoms with van der Waals surface area (Å²) >= 11 is 19.0. The Morgan fingerprint density at radius 3 is 2.60 bits per heavy atom. The molecule has 3 rings (SSSR count). The van der Waals surface area contributed by atoms with Gasteiger partial charge in [0.05, 0.1) is 15.8 Å². The number of hydrogen-bond acceptors (Lipinski definition) is 5. The minimum absolute atomic E-state index is 0.146. The van der Waals surface area contributed by atoms with Gasteiger partial charge in [0.15, 0.2) is 11.0 Å². The number of aromatic nitrogens is 3. The Labute approximate surface area is 193 Å². The summed E-state index contributed by atoms with van der Waals surface area (Å²) in [6.45, 7) is 4.48. The zero-order valence-corrected chi connectivity index (χ0v) is 18.7. The third-order valence-corrected chi connectivity index (χ3v) is 5.78. The molecular formula is C20H17Cl3N4O2S. The summed E-state index contributed by atoms with van der Waals surface area (Å²) in [6.07, 6.45) is 1.73. The maximum absolute atomic E-state index is 12.3. The highest BCUT2D eigenvalue weighted by atomic mass is 35.5. The van der Waals surface area contributed by atoms with Crippen molar-refractivity contribution in [1.82, 2.24) is 14.8 Å². The lowest BCUT2D eigenvalue weighted by Crippen LogP contribution is -2.15. The summed E-state index contributed by atoms with van der Waals surface area (Å²) in [5.41, 5.74) is 0.569. The molecule has 6 nitrogen and oxygen atoms in total. The number of allylic oxidation sites excluding steroid dienone is 1. The third-order valence-electron chi connectivity index (χ3n) is 3.82.